The van der Waals surface area contributed by atoms with E-state index in [1.807, 2.05) is 48.5 Å². The van der Waals surface area contributed by atoms with Crippen molar-refractivity contribution in [2.45, 2.75) is 13.5 Å². The zero-order valence-electron chi connectivity index (χ0n) is 9.82. The Morgan fingerprint density at radius 1 is 1.18 bits per heavy atom. The Kier molecular flexibility index (Phi) is 7.15. The van der Waals surface area contributed by atoms with Gasteiger partial charge in [-0.1, -0.05) is 17.7 Å². The molecule has 0 aromatic heterocycles. The molecule has 0 saturated heterocycles. The van der Waals surface area contributed by atoms with E-state index in [1.54, 1.807) is 0 Å². The monoisotopic (exact) mass is 340 g/mol. The Morgan fingerprint density at radius 2 is 1.88 bits per heavy atom. The van der Waals surface area contributed by atoms with Gasteiger partial charge in [-0.05, 0) is 19.1 Å². The fourth-order valence-corrected chi connectivity index (χ4v) is 1.32. The third-order valence-electron chi connectivity index (χ3n) is 2.20. The first-order chi connectivity index (χ1) is 8.34. The van der Waals surface area contributed by atoms with E-state index in [4.69, 9.17) is 4.74 Å². The second kappa shape index (κ2) is 8.44. The fourth-order valence-electron chi connectivity index (χ4n) is 1.32. The number of ether oxygens (including phenoxy) is 1. The molecule has 2 aromatic carbocycles. The fraction of sp³-hybridized carbons (Fsp3) is 0.143. The van der Waals surface area contributed by atoms with Crippen LogP contribution < -0.4 is 4.74 Å². The maximum atomic E-state index is 5.63. The number of rotatable bonds is 3. The third kappa shape index (κ3) is 5.47. The molecule has 0 aliphatic carbocycles. The molecule has 0 fully saturated rings. The van der Waals surface area contributed by atoms with E-state index < -0.39 is 0 Å². The molecule has 0 heterocycles. The number of halogens is 1. The second-order valence-corrected chi connectivity index (χ2v) is 3.51. The summed E-state index contributed by atoms with van der Waals surface area (Å²) in [6, 6.07) is 18.9. The van der Waals surface area contributed by atoms with E-state index >= 15 is 0 Å². The molecule has 0 N–H and O–H groups in total. The number of hydrogen-bond acceptors (Lipinski definition) is 1. The molecule has 0 saturated carbocycles. The standard InChI is InChI=1S/C14H13O.BrH.Zn/c1-12-7-9-14(10-8-12)15-11-13-5-3-2-4-6-13;;/h2-3,5-10H,11H2,1H3;1H;/q-1;;+2/p-1. The summed E-state index contributed by atoms with van der Waals surface area (Å²) < 4.78 is 5.63. The van der Waals surface area contributed by atoms with Crippen LogP contribution in [-0.2, 0) is 22.9 Å². The molecule has 0 aliphatic heterocycles. The summed E-state index contributed by atoms with van der Waals surface area (Å²) in [5.41, 5.74) is 2.38. The van der Waals surface area contributed by atoms with Crippen LogP contribution in [0.1, 0.15) is 11.1 Å². The summed E-state index contributed by atoms with van der Waals surface area (Å²) in [7, 11) is 0. The van der Waals surface area contributed by atoms with E-state index in [1.165, 1.54) is 21.9 Å². The van der Waals surface area contributed by atoms with Crippen LogP contribution in [0.2, 0.25) is 0 Å². The molecule has 0 bridgehead atoms. The zero-order valence-corrected chi connectivity index (χ0v) is 14.4. The van der Waals surface area contributed by atoms with Gasteiger partial charge in [0.15, 0.2) is 0 Å². The van der Waals surface area contributed by atoms with Crippen molar-refractivity contribution in [1.29, 1.82) is 0 Å². The van der Waals surface area contributed by atoms with Gasteiger partial charge >= 0.3 is 30.0 Å². The van der Waals surface area contributed by atoms with Crippen LogP contribution >= 0.6 is 13.6 Å². The number of benzene rings is 2. The van der Waals surface area contributed by atoms with Gasteiger partial charge < -0.3 is 4.74 Å². The van der Waals surface area contributed by atoms with Crippen molar-refractivity contribution >= 4 is 13.6 Å². The second-order valence-electron chi connectivity index (χ2n) is 3.51. The normalized spacial score (nSPS) is 9.18. The Hall–Kier alpha value is -0.657. The summed E-state index contributed by atoms with van der Waals surface area (Å²) in [6.45, 7) is 2.66. The number of hydrogen-bond donors (Lipinski definition) is 0. The van der Waals surface area contributed by atoms with Crippen molar-refractivity contribution in [2.75, 3.05) is 0 Å². The average molecular weight is 343 g/mol. The van der Waals surface area contributed by atoms with Crippen molar-refractivity contribution in [2.24, 2.45) is 0 Å². The Bertz CT molecular complexity index is 414. The van der Waals surface area contributed by atoms with E-state index in [0.29, 0.717) is 6.61 Å². The summed E-state index contributed by atoms with van der Waals surface area (Å²) in [4.78, 5) is 0. The predicted molar refractivity (Wildman–Crippen MR) is 69.7 cm³/mol. The SMILES string of the molecule is Cc1ccc(OCc2c[c-]ccc2)cc1.[Zn+][Br]. The molecule has 0 amide bonds. The molecule has 0 atom stereocenters. The summed E-state index contributed by atoms with van der Waals surface area (Å²) in [5.74, 6) is 0.907. The van der Waals surface area contributed by atoms with Gasteiger partial charge in [0.1, 0.15) is 5.75 Å². The van der Waals surface area contributed by atoms with Gasteiger partial charge in [-0.2, -0.15) is 30.3 Å². The van der Waals surface area contributed by atoms with E-state index in [0.717, 1.165) is 11.3 Å². The molecule has 0 radical (unpaired) electrons. The molecule has 0 spiro atoms. The first kappa shape index (κ1) is 14.4. The molecule has 17 heavy (non-hydrogen) atoms. The molecular formula is C14H13BrOZn. The molecule has 84 valence electrons. The third-order valence-corrected chi connectivity index (χ3v) is 2.20. The zero-order chi connectivity index (χ0) is 12.5. The van der Waals surface area contributed by atoms with E-state index in [9.17, 15) is 0 Å². The molecule has 0 unspecified atom stereocenters. The molecule has 2 rings (SSSR count). The molecular weight excluding hydrogens is 329 g/mol. The van der Waals surface area contributed by atoms with Crippen LogP contribution in [0, 0.1) is 13.0 Å². The van der Waals surface area contributed by atoms with Crippen molar-refractivity contribution < 1.29 is 21.1 Å². The molecule has 2 aromatic rings. The van der Waals surface area contributed by atoms with E-state index in [-0.39, 0.29) is 0 Å². The topological polar surface area (TPSA) is 9.23 Å². The van der Waals surface area contributed by atoms with Gasteiger partial charge in [0.05, 0.1) is 6.61 Å². The van der Waals surface area contributed by atoms with Crippen LogP contribution in [0.3, 0.4) is 0 Å². The van der Waals surface area contributed by atoms with Gasteiger partial charge in [-0.3, -0.25) is 0 Å². The van der Waals surface area contributed by atoms with Gasteiger partial charge in [0.2, 0.25) is 0 Å². The van der Waals surface area contributed by atoms with E-state index in [2.05, 4.69) is 26.6 Å². The average Bonchev–Trinajstić information content (AvgIpc) is 2.42. The van der Waals surface area contributed by atoms with Crippen LogP contribution in [0.15, 0.2) is 48.5 Å². The van der Waals surface area contributed by atoms with Crippen LogP contribution in [-0.4, -0.2) is 0 Å². The Morgan fingerprint density at radius 3 is 2.47 bits per heavy atom. The van der Waals surface area contributed by atoms with Crippen LogP contribution in [0.25, 0.3) is 0 Å². The van der Waals surface area contributed by atoms with Crippen LogP contribution in [0.4, 0.5) is 0 Å². The van der Waals surface area contributed by atoms with Crippen molar-refractivity contribution in [3.8, 4) is 5.75 Å². The van der Waals surface area contributed by atoms with Crippen molar-refractivity contribution in [1.82, 2.24) is 0 Å². The quantitative estimate of drug-likeness (QED) is 0.599. The van der Waals surface area contributed by atoms with Gasteiger partial charge in [0, 0.05) is 0 Å². The number of aryl methyl sites for hydroxylation is 1. The molecule has 3 heteroatoms. The summed E-state index contributed by atoms with van der Waals surface area (Å²) >= 11 is 4.25. The Labute approximate surface area is 119 Å². The Balaban J connectivity index is 0.000000686. The van der Waals surface area contributed by atoms with Gasteiger partial charge in [0.25, 0.3) is 0 Å². The summed E-state index contributed by atoms with van der Waals surface area (Å²) in [6.07, 6.45) is 0. The van der Waals surface area contributed by atoms with Gasteiger partial charge in [-0.25, -0.2) is 0 Å². The minimum atomic E-state index is 0.598. The molecule has 1 nitrogen and oxygen atoms in total. The molecule has 0 aliphatic rings. The van der Waals surface area contributed by atoms with Gasteiger partial charge in [-0.15, -0.1) is 5.56 Å². The summed E-state index contributed by atoms with van der Waals surface area (Å²) in [5, 5.41) is 0. The first-order valence-electron chi connectivity index (χ1n) is 5.26. The van der Waals surface area contributed by atoms with Crippen molar-refractivity contribution in [3.05, 3.63) is 65.7 Å². The maximum absolute atomic E-state index is 5.63. The first-order valence-corrected chi connectivity index (χ1v) is 12.2. The van der Waals surface area contributed by atoms with Crippen molar-refractivity contribution in [3.63, 3.8) is 0 Å². The minimum absolute atomic E-state index is 0.598. The predicted octanol–water partition coefficient (Wildman–Crippen LogP) is 4.22. The van der Waals surface area contributed by atoms with Crippen LogP contribution in [0.5, 0.6) is 5.75 Å².